The van der Waals surface area contributed by atoms with Gasteiger partial charge in [0, 0.05) is 58.6 Å². The minimum absolute atomic E-state index is 0.614. The predicted octanol–water partition coefficient (Wildman–Crippen LogP) is 13.6. The minimum atomic E-state index is 0.614. The Bertz CT molecular complexity index is 3220. The zero-order chi connectivity index (χ0) is 35.6. The van der Waals surface area contributed by atoms with Crippen LogP contribution >= 0.6 is 11.3 Å². The third kappa shape index (κ3) is 4.86. The summed E-state index contributed by atoms with van der Waals surface area (Å²) in [6.45, 7) is 0. The molecule has 252 valence electrons. The Kier molecular flexibility index (Phi) is 7.00. The lowest BCUT2D eigenvalue weighted by molar-refractivity contribution is 0.674. The van der Waals surface area contributed by atoms with Gasteiger partial charge in [-0.15, -0.1) is 11.3 Å². The minimum Gasteiger partial charge on any atom is -0.455 e. The molecule has 0 unspecified atom stereocenters. The van der Waals surface area contributed by atoms with Gasteiger partial charge in [-0.3, -0.25) is 0 Å². The van der Waals surface area contributed by atoms with Crippen molar-refractivity contribution >= 4 is 64.2 Å². The van der Waals surface area contributed by atoms with E-state index in [-0.39, 0.29) is 0 Å². The summed E-state index contributed by atoms with van der Waals surface area (Å²) >= 11 is 1.78. The van der Waals surface area contributed by atoms with E-state index in [0.29, 0.717) is 17.5 Å². The largest absolute Gasteiger partial charge is 0.455 e. The van der Waals surface area contributed by atoms with Gasteiger partial charge in [-0.2, -0.15) is 0 Å². The van der Waals surface area contributed by atoms with Gasteiger partial charge in [0.2, 0.25) is 0 Å². The van der Waals surface area contributed by atoms with E-state index in [9.17, 15) is 0 Å². The average molecular weight is 708 g/mol. The first kappa shape index (κ1) is 30.7. The van der Waals surface area contributed by atoms with E-state index in [1.807, 2.05) is 12.1 Å². The fraction of sp³-hybridized carbons (Fsp3) is 0. The smallest absolute Gasteiger partial charge is 0.165 e. The highest BCUT2D eigenvalue weighted by molar-refractivity contribution is 7.26. The van der Waals surface area contributed by atoms with E-state index in [1.54, 1.807) is 11.3 Å². The Morgan fingerprint density at radius 2 is 0.833 bits per heavy atom. The summed E-state index contributed by atoms with van der Waals surface area (Å²) < 4.78 is 9.22. The fourth-order valence-electron chi connectivity index (χ4n) is 7.86. The molecule has 0 N–H and O–H groups in total. The monoisotopic (exact) mass is 707 g/mol. The maximum Gasteiger partial charge on any atom is 0.165 e. The zero-order valence-electron chi connectivity index (χ0n) is 28.9. The van der Waals surface area contributed by atoms with Crippen molar-refractivity contribution < 1.29 is 4.42 Å². The number of furan rings is 1. The summed E-state index contributed by atoms with van der Waals surface area (Å²) in [6, 6.07) is 61.3. The molecular weight excluding hydrogens is 679 g/mol. The van der Waals surface area contributed by atoms with Gasteiger partial charge in [-0.1, -0.05) is 158 Å². The van der Waals surface area contributed by atoms with E-state index >= 15 is 0 Å². The molecule has 0 atom stereocenters. The van der Waals surface area contributed by atoms with Crippen LogP contribution in [0.2, 0.25) is 0 Å². The van der Waals surface area contributed by atoms with Crippen LogP contribution in [0.1, 0.15) is 0 Å². The number of aromatic nitrogens is 3. The van der Waals surface area contributed by atoms with Gasteiger partial charge in [-0.25, -0.2) is 15.0 Å². The van der Waals surface area contributed by atoms with E-state index in [4.69, 9.17) is 19.4 Å². The second-order valence-corrected chi connectivity index (χ2v) is 14.5. The van der Waals surface area contributed by atoms with Crippen LogP contribution in [0.15, 0.2) is 180 Å². The molecule has 0 aliphatic heterocycles. The standard InChI is InChI=1S/C49H29N3OS/c1-3-15-30(16-4-1)32-19-7-10-23-39(32)47-50-48(40-27-14-26-38-35-21-11-12-28-43(35)54-46(38)40)52-49(51-47)42-29-41-37-25-13-24-33(31-17-5-2-6-18-31)44(37)53-45(41)36-22-9-8-20-34(36)42/h1-29H. The van der Waals surface area contributed by atoms with Crippen LogP contribution in [0.3, 0.4) is 0 Å². The summed E-state index contributed by atoms with van der Waals surface area (Å²) in [4.78, 5) is 16.0. The molecule has 11 aromatic rings. The van der Waals surface area contributed by atoms with Gasteiger partial charge >= 0.3 is 0 Å². The molecule has 0 spiro atoms. The average Bonchev–Trinajstić information content (AvgIpc) is 3.83. The molecule has 54 heavy (non-hydrogen) atoms. The molecule has 0 aliphatic rings. The quantitative estimate of drug-likeness (QED) is 0.179. The third-order valence-corrected chi connectivity index (χ3v) is 11.6. The van der Waals surface area contributed by atoms with E-state index < -0.39 is 0 Å². The Morgan fingerprint density at radius 1 is 0.333 bits per heavy atom. The number of hydrogen-bond acceptors (Lipinski definition) is 5. The van der Waals surface area contributed by atoms with Crippen LogP contribution in [0.5, 0.6) is 0 Å². The van der Waals surface area contributed by atoms with Gasteiger partial charge in [0.05, 0.1) is 0 Å². The highest BCUT2D eigenvalue weighted by Gasteiger charge is 2.22. The Hall–Kier alpha value is -6.95. The molecule has 0 aliphatic carbocycles. The molecule has 8 aromatic carbocycles. The van der Waals surface area contributed by atoms with Gasteiger partial charge in [0.15, 0.2) is 17.5 Å². The van der Waals surface area contributed by atoms with Gasteiger partial charge < -0.3 is 4.42 Å². The number of para-hydroxylation sites is 1. The predicted molar refractivity (Wildman–Crippen MR) is 225 cm³/mol. The fourth-order valence-corrected chi connectivity index (χ4v) is 9.07. The lowest BCUT2D eigenvalue weighted by Crippen LogP contribution is -2.01. The molecular formula is C49H29N3OS. The Balaban J connectivity index is 1.22. The molecule has 0 radical (unpaired) electrons. The maximum absolute atomic E-state index is 6.82. The molecule has 11 rings (SSSR count). The number of thiophene rings is 1. The van der Waals surface area contributed by atoms with E-state index in [1.165, 1.54) is 15.5 Å². The molecule has 0 saturated carbocycles. The van der Waals surface area contributed by atoms with E-state index in [2.05, 4.69) is 164 Å². The van der Waals surface area contributed by atoms with Gasteiger partial charge in [0.1, 0.15) is 11.2 Å². The molecule has 3 aromatic heterocycles. The Labute approximate surface area is 314 Å². The zero-order valence-corrected chi connectivity index (χ0v) is 29.7. The second-order valence-electron chi connectivity index (χ2n) is 13.5. The van der Waals surface area contributed by atoms with Crippen LogP contribution in [0.25, 0.3) is 109 Å². The van der Waals surface area contributed by atoms with Crippen LogP contribution in [0.4, 0.5) is 0 Å². The third-order valence-electron chi connectivity index (χ3n) is 10.4. The Morgan fingerprint density at radius 3 is 1.59 bits per heavy atom. The molecule has 3 heterocycles. The van der Waals surface area contributed by atoms with Crippen molar-refractivity contribution in [3.05, 3.63) is 176 Å². The summed E-state index contributed by atoms with van der Waals surface area (Å²) in [5.74, 6) is 1.88. The summed E-state index contributed by atoms with van der Waals surface area (Å²) in [5.41, 5.74) is 8.94. The summed E-state index contributed by atoms with van der Waals surface area (Å²) in [7, 11) is 0. The van der Waals surface area contributed by atoms with Crippen molar-refractivity contribution in [3.8, 4) is 56.4 Å². The highest BCUT2D eigenvalue weighted by atomic mass is 32.1. The van der Waals surface area contributed by atoms with Crippen LogP contribution in [0, 0.1) is 0 Å². The van der Waals surface area contributed by atoms with Crippen molar-refractivity contribution in [1.29, 1.82) is 0 Å². The van der Waals surface area contributed by atoms with Crippen LogP contribution in [-0.4, -0.2) is 15.0 Å². The first-order valence-corrected chi connectivity index (χ1v) is 18.8. The molecule has 0 bridgehead atoms. The summed E-state index contributed by atoms with van der Waals surface area (Å²) in [5, 5.41) is 6.55. The molecule has 0 saturated heterocycles. The number of fused-ring (bicyclic) bond motifs is 8. The first-order chi connectivity index (χ1) is 26.8. The highest BCUT2D eigenvalue weighted by Crippen LogP contribution is 2.44. The van der Waals surface area contributed by atoms with Gasteiger partial charge in [0.25, 0.3) is 0 Å². The van der Waals surface area contributed by atoms with Crippen LogP contribution < -0.4 is 0 Å². The SMILES string of the molecule is c1ccc(-c2ccccc2-c2nc(-c3cc4c5cccc(-c6ccccc6)c5oc4c4ccccc34)nc(-c3cccc4c3sc3ccccc34)n2)cc1. The van der Waals surface area contributed by atoms with Crippen molar-refractivity contribution in [2.45, 2.75) is 0 Å². The lowest BCUT2D eigenvalue weighted by Gasteiger charge is -2.13. The maximum atomic E-state index is 6.82. The molecule has 4 nitrogen and oxygen atoms in total. The lowest BCUT2D eigenvalue weighted by atomic mass is 9.97. The first-order valence-electron chi connectivity index (χ1n) is 18.0. The number of hydrogen-bond donors (Lipinski definition) is 0. The molecule has 0 amide bonds. The number of rotatable bonds is 5. The number of nitrogens with zero attached hydrogens (tertiary/aromatic N) is 3. The van der Waals surface area contributed by atoms with Crippen molar-refractivity contribution in [2.24, 2.45) is 0 Å². The van der Waals surface area contributed by atoms with Crippen LogP contribution in [-0.2, 0) is 0 Å². The molecule has 5 heteroatoms. The van der Waals surface area contributed by atoms with Crippen molar-refractivity contribution in [2.75, 3.05) is 0 Å². The number of benzene rings is 8. The van der Waals surface area contributed by atoms with Crippen molar-refractivity contribution in [1.82, 2.24) is 15.0 Å². The van der Waals surface area contributed by atoms with E-state index in [0.717, 1.165) is 76.4 Å². The normalized spacial score (nSPS) is 11.7. The van der Waals surface area contributed by atoms with Crippen molar-refractivity contribution in [3.63, 3.8) is 0 Å². The molecule has 0 fully saturated rings. The second kappa shape index (κ2) is 12.3. The summed E-state index contributed by atoms with van der Waals surface area (Å²) in [6.07, 6.45) is 0. The van der Waals surface area contributed by atoms with Gasteiger partial charge in [-0.05, 0) is 40.3 Å². The topological polar surface area (TPSA) is 51.8 Å².